The summed E-state index contributed by atoms with van der Waals surface area (Å²) in [6, 6.07) is 18.6. The van der Waals surface area contributed by atoms with E-state index >= 15 is 0 Å². The second-order valence-corrected chi connectivity index (χ2v) is 7.17. The van der Waals surface area contributed by atoms with Gasteiger partial charge in [-0.15, -0.1) is 11.8 Å². The molecule has 21 heavy (non-hydrogen) atoms. The SMILES string of the molecule is CC(C)c1ccc(C(C)NC2CSc3ccccc32)cc1. The number of rotatable bonds is 4. The number of hydrogen-bond acceptors (Lipinski definition) is 2. The Balaban J connectivity index is 1.71. The topological polar surface area (TPSA) is 12.0 Å². The predicted molar refractivity (Wildman–Crippen MR) is 92.0 cm³/mol. The highest BCUT2D eigenvalue weighted by atomic mass is 32.2. The smallest absolute Gasteiger partial charge is 0.0431 e. The summed E-state index contributed by atoms with van der Waals surface area (Å²) in [4.78, 5) is 1.43. The van der Waals surface area contributed by atoms with Gasteiger partial charge in [0.2, 0.25) is 0 Å². The van der Waals surface area contributed by atoms with Gasteiger partial charge in [0, 0.05) is 22.7 Å². The van der Waals surface area contributed by atoms with Crippen LogP contribution in [0, 0.1) is 0 Å². The van der Waals surface area contributed by atoms with Gasteiger partial charge in [-0.2, -0.15) is 0 Å². The van der Waals surface area contributed by atoms with E-state index in [1.54, 1.807) is 0 Å². The molecule has 0 aromatic heterocycles. The first kappa shape index (κ1) is 14.7. The largest absolute Gasteiger partial charge is 0.303 e. The molecule has 110 valence electrons. The van der Waals surface area contributed by atoms with Crippen LogP contribution in [0.1, 0.15) is 55.5 Å². The monoisotopic (exact) mass is 297 g/mol. The third-order valence-corrected chi connectivity index (χ3v) is 5.44. The van der Waals surface area contributed by atoms with Crippen LogP contribution < -0.4 is 5.32 Å². The van der Waals surface area contributed by atoms with Crippen LogP contribution in [0.2, 0.25) is 0 Å². The molecule has 1 nitrogen and oxygen atoms in total. The Labute approximate surface area is 132 Å². The molecule has 0 bridgehead atoms. The van der Waals surface area contributed by atoms with E-state index in [-0.39, 0.29) is 0 Å². The minimum absolute atomic E-state index is 0.378. The first-order valence-electron chi connectivity index (χ1n) is 7.73. The van der Waals surface area contributed by atoms with Crippen molar-refractivity contribution in [3.05, 3.63) is 65.2 Å². The maximum Gasteiger partial charge on any atom is 0.0431 e. The van der Waals surface area contributed by atoms with Gasteiger partial charge in [0.25, 0.3) is 0 Å². The summed E-state index contributed by atoms with van der Waals surface area (Å²) in [5.41, 5.74) is 4.23. The highest BCUT2D eigenvalue weighted by Crippen LogP contribution is 2.38. The van der Waals surface area contributed by atoms with Gasteiger partial charge in [-0.05, 0) is 35.6 Å². The third-order valence-electron chi connectivity index (χ3n) is 4.25. The molecule has 1 aliphatic rings. The van der Waals surface area contributed by atoms with E-state index < -0.39 is 0 Å². The lowest BCUT2D eigenvalue weighted by Crippen LogP contribution is -2.24. The molecule has 3 rings (SSSR count). The van der Waals surface area contributed by atoms with Gasteiger partial charge in [0.05, 0.1) is 0 Å². The lowest BCUT2D eigenvalue weighted by molar-refractivity contribution is 0.501. The van der Waals surface area contributed by atoms with E-state index in [2.05, 4.69) is 74.6 Å². The van der Waals surface area contributed by atoms with E-state index in [0.717, 1.165) is 5.75 Å². The molecule has 2 heteroatoms. The van der Waals surface area contributed by atoms with Crippen molar-refractivity contribution in [3.8, 4) is 0 Å². The summed E-state index contributed by atoms with van der Waals surface area (Å²) in [5.74, 6) is 1.73. The van der Waals surface area contributed by atoms with E-state index in [9.17, 15) is 0 Å². The normalized spacial score (nSPS) is 18.8. The van der Waals surface area contributed by atoms with E-state index in [1.807, 2.05) is 11.8 Å². The van der Waals surface area contributed by atoms with Crippen molar-refractivity contribution in [2.45, 2.75) is 43.7 Å². The zero-order valence-electron chi connectivity index (χ0n) is 13.0. The van der Waals surface area contributed by atoms with Crippen molar-refractivity contribution in [2.24, 2.45) is 0 Å². The molecule has 0 aliphatic carbocycles. The highest BCUT2D eigenvalue weighted by Gasteiger charge is 2.24. The van der Waals surface area contributed by atoms with Crippen LogP contribution in [0.5, 0.6) is 0 Å². The predicted octanol–water partition coefficient (Wildman–Crippen LogP) is 5.31. The molecule has 2 aromatic carbocycles. The second kappa shape index (κ2) is 6.25. The van der Waals surface area contributed by atoms with Gasteiger partial charge in [-0.25, -0.2) is 0 Å². The first-order chi connectivity index (χ1) is 10.1. The summed E-state index contributed by atoms with van der Waals surface area (Å²) in [7, 11) is 0. The van der Waals surface area contributed by atoms with Crippen molar-refractivity contribution < 1.29 is 0 Å². The molecule has 1 N–H and O–H groups in total. The molecule has 0 fully saturated rings. The van der Waals surface area contributed by atoms with Gasteiger partial charge >= 0.3 is 0 Å². The van der Waals surface area contributed by atoms with Crippen molar-refractivity contribution in [1.29, 1.82) is 0 Å². The molecule has 1 aliphatic heterocycles. The lowest BCUT2D eigenvalue weighted by Gasteiger charge is -2.20. The second-order valence-electron chi connectivity index (χ2n) is 6.11. The Hall–Kier alpha value is -1.25. The quantitative estimate of drug-likeness (QED) is 0.821. The van der Waals surface area contributed by atoms with Crippen molar-refractivity contribution in [2.75, 3.05) is 5.75 Å². The number of hydrogen-bond donors (Lipinski definition) is 1. The minimum Gasteiger partial charge on any atom is -0.303 e. The highest BCUT2D eigenvalue weighted by molar-refractivity contribution is 7.99. The Bertz CT molecular complexity index is 603. The maximum atomic E-state index is 3.78. The fraction of sp³-hybridized carbons (Fsp3) is 0.368. The number of benzene rings is 2. The average molecular weight is 297 g/mol. The molecule has 0 saturated carbocycles. The molecule has 1 heterocycles. The van der Waals surface area contributed by atoms with Gasteiger partial charge < -0.3 is 5.32 Å². The van der Waals surface area contributed by atoms with Gasteiger partial charge in [-0.3, -0.25) is 0 Å². The Morgan fingerprint density at radius 2 is 1.62 bits per heavy atom. The third kappa shape index (κ3) is 3.17. The number of fused-ring (bicyclic) bond motifs is 1. The fourth-order valence-electron chi connectivity index (χ4n) is 2.87. The van der Waals surface area contributed by atoms with Crippen LogP contribution in [0.25, 0.3) is 0 Å². The molecule has 2 atom stereocenters. The van der Waals surface area contributed by atoms with E-state index in [0.29, 0.717) is 18.0 Å². The van der Waals surface area contributed by atoms with Gasteiger partial charge in [-0.1, -0.05) is 56.3 Å². The number of nitrogens with one attached hydrogen (secondary N) is 1. The summed E-state index contributed by atoms with van der Waals surface area (Å²) in [6.45, 7) is 6.74. The molecule has 0 amide bonds. The average Bonchev–Trinajstić information content (AvgIpc) is 2.91. The molecular weight excluding hydrogens is 274 g/mol. The Morgan fingerprint density at radius 1 is 0.952 bits per heavy atom. The standard InChI is InChI=1S/C19H23NS/c1-13(2)15-8-10-16(11-9-15)14(3)20-18-12-21-19-7-5-4-6-17(18)19/h4-11,13-14,18,20H,12H2,1-3H3. The van der Waals surface area contributed by atoms with Crippen molar-refractivity contribution in [1.82, 2.24) is 5.32 Å². The van der Waals surface area contributed by atoms with Crippen LogP contribution in [0.3, 0.4) is 0 Å². The van der Waals surface area contributed by atoms with Crippen molar-refractivity contribution >= 4 is 11.8 Å². The zero-order valence-corrected chi connectivity index (χ0v) is 13.8. The van der Waals surface area contributed by atoms with Gasteiger partial charge in [0.15, 0.2) is 0 Å². The molecule has 2 unspecified atom stereocenters. The molecule has 2 aromatic rings. The maximum absolute atomic E-state index is 3.78. The first-order valence-corrected chi connectivity index (χ1v) is 8.71. The summed E-state index contributed by atoms with van der Waals surface area (Å²) < 4.78 is 0. The minimum atomic E-state index is 0.378. The zero-order chi connectivity index (χ0) is 14.8. The molecular formula is C19H23NS. The molecule has 0 spiro atoms. The summed E-state index contributed by atoms with van der Waals surface area (Å²) in [6.07, 6.45) is 0. The van der Waals surface area contributed by atoms with Crippen LogP contribution in [-0.4, -0.2) is 5.75 Å². The Kier molecular flexibility index (Phi) is 4.37. The van der Waals surface area contributed by atoms with E-state index in [4.69, 9.17) is 0 Å². The fourth-order valence-corrected chi connectivity index (χ4v) is 4.04. The lowest BCUT2D eigenvalue weighted by atomic mass is 9.99. The number of thioether (sulfide) groups is 1. The van der Waals surface area contributed by atoms with Gasteiger partial charge in [0.1, 0.15) is 0 Å². The molecule has 0 saturated heterocycles. The van der Waals surface area contributed by atoms with Crippen LogP contribution in [0.4, 0.5) is 0 Å². The summed E-state index contributed by atoms with van der Waals surface area (Å²) >= 11 is 1.96. The molecule has 0 radical (unpaired) electrons. The summed E-state index contributed by atoms with van der Waals surface area (Å²) in [5, 5.41) is 3.78. The van der Waals surface area contributed by atoms with Crippen LogP contribution >= 0.6 is 11.8 Å². The van der Waals surface area contributed by atoms with Crippen LogP contribution in [-0.2, 0) is 0 Å². The van der Waals surface area contributed by atoms with Crippen molar-refractivity contribution in [3.63, 3.8) is 0 Å². The van der Waals surface area contributed by atoms with Crippen LogP contribution in [0.15, 0.2) is 53.4 Å². The van der Waals surface area contributed by atoms with E-state index in [1.165, 1.54) is 21.6 Å². The Morgan fingerprint density at radius 3 is 2.33 bits per heavy atom.